The van der Waals surface area contributed by atoms with E-state index in [0.717, 1.165) is 23.1 Å². The van der Waals surface area contributed by atoms with Crippen LogP contribution in [-0.4, -0.2) is 35.3 Å². The maximum absolute atomic E-state index is 13.7. The first-order chi connectivity index (χ1) is 14.4. The molecule has 1 N–H and O–H groups in total. The largest absolute Gasteiger partial charge is 0.434 e. The summed E-state index contributed by atoms with van der Waals surface area (Å²) in [6, 6.07) is 17.8. The predicted molar refractivity (Wildman–Crippen MR) is 110 cm³/mol. The molecular formula is C22H23F3N4O. The molecule has 1 heterocycles. The van der Waals surface area contributed by atoms with Gasteiger partial charge >= 0.3 is 6.18 Å². The highest BCUT2D eigenvalue weighted by Crippen LogP contribution is 2.33. The van der Waals surface area contributed by atoms with Crippen molar-refractivity contribution in [2.24, 2.45) is 0 Å². The summed E-state index contributed by atoms with van der Waals surface area (Å²) in [7, 11) is 0. The van der Waals surface area contributed by atoms with E-state index in [1.165, 1.54) is 12.1 Å². The summed E-state index contributed by atoms with van der Waals surface area (Å²) in [5, 5.41) is 6.40. The average molecular weight is 416 g/mol. The molecule has 5 nitrogen and oxygen atoms in total. The standard InChI is InChI=1S/C22H23F3N4O/c1-2-28(17-10-5-3-6-11-17)15-9-14-26-21(30)19-16-27-29(20(19)22(23,24)25)18-12-7-4-8-13-18/h3-8,10-13,16H,2,9,14-15H2,1H3,(H,26,30). The second-order valence-electron chi connectivity index (χ2n) is 6.68. The molecule has 158 valence electrons. The zero-order valence-corrected chi connectivity index (χ0v) is 16.6. The molecule has 3 aromatic rings. The van der Waals surface area contributed by atoms with Crippen LogP contribution in [0.3, 0.4) is 0 Å². The van der Waals surface area contributed by atoms with Gasteiger partial charge in [-0.3, -0.25) is 4.79 Å². The van der Waals surface area contributed by atoms with Gasteiger partial charge in [0.15, 0.2) is 5.69 Å². The highest BCUT2D eigenvalue weighted by molar-refractivity contribution is 5.95. The van der Waals surface area contributed by atoms with Gasteiger partial charge in [0.25, 0.3) is 5.91 Å². The molecular weight excluding hydrogens is 393 g/mol. The molecule has 1 amide bonds. The molecule has 0 bridgehead atoms. The Balaban J connectivity index is 1.66. The number of halogens is 3. The van der Waals surface area contributed by atoms with Crippen LogP contribution in [0.25, 0.3) is 5.69 Å². The number of nitrogens with one attached hydrogen (secondary N) is 1. The molecule has 0 spiro atoms. The van der Waals surface area contributed by atoms with Gasteiger partial charge in [-0.25, -0.2) is 4.68 Å². The van der Waals surface area contributed by atoms with Crippen LogP contribution in [0.1, 0.15) is 29.4 Å². The predicted octanol–water partition coefficient (Wildman–Crippen LogP) is 4.54. The van der Waals surface area contributed by atoms with E-state index in [9.17, 15) is 18.0 Å². The van der Waals surface area contributed by atoms with E-state index in [-0.39, 0.29) is 12.2 Å². The van der Waals surface area contributed by atoms with Crippen molar-refractivity contribution in [2.45, 2.75) is 19.5 Å². The molecule has 8 heteroatoms. The lowest BCUT2D eigenvalue weighted by atomic mass is 10.2. The lowest BCUT2D eigenvalue weighted by Crippen LogP contribution is -2.31. The molecule has 0 atom stereocenters. The Morgan fingerprint density at radius 1 is 1.07 bits per heavy atom. The second-order valence-corrected chi connectivity index (χ2v) is 6.68. The number of amides is 1. The molecule has 0 aliphatic carbocycles. The number of nitrogens with zero attached hydrogens (tertiary/aromatic N) is 3. The van der Waals surface area contributed by atoms with Crippen LogP contribution in [0.2, 0.25) is 0 Å². The number of aromatic nitrogens is 2. The second kappa shape index (κ2) is 9.47. The highest BCUT2D eigenvalue weighted by Gasteiger charge is 2.40. The van der Waals surface area contributed by atoms with Gasteiger partial charge in [0.05, 0.1) is 17.4 Å². The van der Waals surface area contributed by atoms with Crippen LogP contribution in [0.15, 0.2) is 66.9 Å². The Bertz CT molecular complexity index is 956. The molecule has 0 fully saturated rings. The van der Waals surface area contributed by atoms with E-state index < -0.39 is 23.3 Å². The Labute approximate surface area is 173 Å². The van der Waals surface area contributed by atoms with Gasteiger partial charge in [0.1, 0.15) is 0 Å². The number of para-hydroxylation sites is 2. The Morgan fingerprint density at radius 3 is 2.30 bits per heavy atom. The van der Waals surface area contributed by atoms with Crippen molar-refractivity contribution in [3.63, 3.8) is 0 Å². The smallest absolute Gasteiger partial charge is 0.372 e. The fraction of sp³-hybridized carbons (Fsp3) is 0.273. The van der Waals surface area contributed by atoms with E-state index in [0.29, 0.717) is 13.0 Å². The lowest BCUT2D eigenvalue weighted by molar-refractivity contribution is -0.143. The molecule has 1 aromatic heterocycles. The number of anilines is 1. The number of benzene rings is 2. The summed E-state index contributed by atoms with van der Waals surface area (Å²) in [5.74, 6) is -0.785. The molecule has 30 heavy (non-hydrogen) atoms. The van der Waals surface area contributed by atoms with Crippen LogP contribution in [0, 0.1) is 0 Å². The summed E-state index contributed by atoms with van der Waals surface area (Å²) in [6.45, 7) is 3.76. The van der Waals surface area contributed by atoms with Crippen LogP contribution in [0.5, 0.6) is 0 Å². The first-order valence-electron chi connectivity index (χ1n) is 9.70. The van der Waals surface area contributed by atoms with Crippen LogP contribution >= 0.6 is 0 Å². The van der Waals surface area contributed by atoms with Gasteiger partial charge in [-0.1, -0.05) is 36.4 Å². The number of hydrogen-bond donors (Lipinski definition) is 1. The summed E-state index contributed by atoms with van der Waals surface area (Å²) in [6.07, 6.45) is -3.15. The van der Waals surface area contributed by atoms with Gasteiger partial charge < -0.3 is 10.2 Å². The van der Waals surface area contributed by atoms with Crippen LogP contribution in [-0.2, 0) is 6.18 Å². The summed E-state index contributed by atoms with van der Waals surface area (Å²) < 4.78 is 41.8. The maximum Gasteiger partial charge on any atom is 0.434 e. The third kappa shape index (κ3) is 5.00. The fourth-order valence-electron chi connectivity index (χ4n) is 3.23. The van der Waals surface area contributed by atoms with Crippen molar-refractivity contribution in [3.8, 4) is 5.69 Å². The van der Waals surface area contributed by atoms with Crippen LogP contribution < -0.4 is 10.2 Å². The van der Waals surface area contributed by atoms with Crippen molar-refractivity contribution in [1.29, 1.82) is 0 Å². The topological polar surface area (TPSA) is 50.2 Å². The Morgan fingerprint density at radius 2 is 1.70 bits per heavy atom. The Hall–Kier alpha value is -3.29. The third-order valence-electron chi connectivity index (χ3n) is 4.68. The molecule has 0 radical (unpaired) electrons. The molecule has 0 saturated carbocycles. The van der Waals surface area contributed by atoms with E-state index in [1.807, 2.05) is 37.3 Å². The summed E-state index contributed by atoms with van der Waals surface area (Å²) >= 11 is 0. The monoisotopic (exact) mass is 416 g/mol. The SMILES string of the molecule is CCN(CCCNC(=O)c1cnn(-c2ccccc2)c1C(F)(F)F)c1ccccc1. The number of alkyl halides is 3. The molecule has 0 aliphatic rings. The number of carbonyl (C=O) groups excluding carboxylic acids is 1. The first-order valence-corrected chi connectivity index (χ1v) is 9.70. The van der Waals surface area contributed by atoms with Crippen molar-refractivity contribution >= 4 is 11.6 Å². The Kier molecular flexibility index (Phi) is 6.76. The van der Waals surface area contributed by atoms with Crippen molar-refractivity contribution in [1.82, 2.24) is 15.1 Å². The van der Waals surface area contributed by atoms with Gasteiger partial charge in [0.2, 0.25) is 0 Å². The number of rotatable bonds is 8. The third-order valence-corrected chi connectivity index (χ3v) is 4.68. The zero-order chi connectivity index (χ0) is 21.6. The van der Waals surface area contributed by atoms with Gasteiger partial charge in [0, 0.05) is 25.3 Å². The van der Waals surface area contributed by atoms with E-state index in [1.54, 1.807) is 18.2 Å². The molecule has 3 rings (SSSR count). The minimum absolute atomic E-state index is 0.241. The average Bonchev–Trinajstić information content (AvgIpc) is 3.21. The molecule has 0 unspecified atom stereocenters. The molecule has 2 aromatic carbocycles. The fourth-order valence-corrected chi connectivity index (χ4v) is 3.23. The van der Waals surface area contributed by atoms with Crippen molar-refractivity contribution in [3.05, 3.63) is 78.1 Å². The van der Waals surface area contributed by atoms with Crippen molar-refractivity contribution < 1.29 is 18.0 Å². The van der Waals surface area contributed by atoms with E-state index in [4.69, 9.17) is 0 Å². The maximum atomic E-state index is 13.7. The minimum atomic E-state index is -4.72. The van der Waals surface area contributed by atoms with Gasteiger partial charge in [-0.05, 0) is 37.6 Å². The summed E-state index contributed by atoms with van der Waals surface area (Å²) in [4.78, 5) is 14.6. The van der Waals surface area contributed by atoms with Gasteiger partial charge in [-0.15, -0.1) is 0 Å². The van der Waals surface area contributed by atoms with Crippen molar-refractivity contribution in [2.75, 3.05) is 24.5 Å². The molecule has 0 aliphatic heterocycles. The first kappa shape index (κ1) is 21.4. The van der Waals surface area contributed by atoms with E-state index in [2.05, 4.69) is 15.3 Å². The highest BCUT2D eigenvalue weighted by atomic mass is 19.4. The van der Waals surface area contributed by atoms with E-state index >= 15 is 0 Å². The minimum Gasteiger partial charge on any atom is -0.372 e. The van der Waals surface area contributed by atoms with Crippen LogP contribution in [0.4, 0.5) is 18.9 Å². The normalized spacial score (nSPS) is 11.3. The quantitative estimate of drug-likeness (QED) is 0.549. The molecule has 0 saturated heterocycles. The van der Waals surface area contributed by atoms with Gasteiger partial charge in [-0.2, -0.15) is 18.3 Å². The number of hydrogen-bond acceptors (Lipinski definition) is 3. The number of carbonyl (C=O) groups is 1. The summed E-state index contributed by atoms with van der Waals surface area (Å²) in [5.41, 5.74) is -0.257. The zero-order valence-electron chi connectivity index (χ0n) is 16.6. The lowest BCUT2D eigenvalue weighted by Gasteiger charge is -2.23.